The van der Waals surface area contributed by atoms with Crippen molar-refractivity contribution < 1.29 is 19.3 Å². The quantitative estimate of drug-likeness (QED) is 0.317. The Labute approximate surface area is 210 Å². The molecular weight excluding hydrogens is 465 g/mol. The molecule has 2 aromatic heterocycles. The predicted octanol–water partition coefficient (Wildman–Crippen LogP) is 4.41. The average Bonchev–Trinajstić information content (AvgIpc) is 2.92. The van der Waals surface area contributed by atoms with E-state index in [1.54, 1.807) is 37.7 Å². The number of likely N-dealkylation sites (tertiary alicyclic amines) is 1. The molecule has 0 amide bonds. The van der Waals surface area contributed by atoms with Crippen molar-refractivity contribution >= 4 is 28.0 Å². The van der Waals surface area contributed by atoms with Crippen LogP contribution in [-0.2, 0) is 6.61 Å². The first-order valence-corrected chi connectivity index (χ1v) is 12.4. The maximum atomic E-state index is 15.8. The molecule has 0 unspecified atom stereocenters. The van der Waals surface area contributed by atoms with Crippen LogP contribution in [0, 0.1) is 5.41 Å². The van der Waals surface area contributed by atoms with Gasteiger partial charge in [-0.25, -0.2) is 4.39 Å². The highest BCUT2D eigenvalue weighted by Gasteiger charge is 2.35. The van der Waals surface area contributed by atoms with E-state index in [-0.39, 0.29) is 25.0 Å². The maximum Gasteiger partial charge on any atom is 0.126 e. The van der Waals surface area contributed by atoms with E-state index in [9.17, 15) is 10.2 Å². The van der Waals surface area contributed by atoms with Crippen molar-refractivity contribution in [3.05, 3.63) is 65.6 Å². The fraction of sp³-hybridized carbons (Fsp3) is 0.444. The molecule has 6 nitrogen and oxygen atoms in total. The Bertz CT molecular complexity index is 1150. The third-order valence-electron chi connectivity index (χ3n) is 7.18. The molecule has 1 aliphatic rings. The maximum absolute atomic E-state index is 15.8. The summed E-state index contributed by atoms with van der Waals surface area (Å²) in [5, 5.41) is 20.8. The number of halogens is 1. The molecule has 3 aromatic rings. The van der Waals surface area contributed by atoms with E-state index in [2.05, 4.69) is 14.9 Å². The van der Waals surface area contributed by atoms with Crippen LogP contribution in [0.1, 0.15) is 48.7 Å². The van der Waals surface area contributed by atoms with Crippen LogP contribution in [0.4, 0.5) is 4.39 Å². The molecule has 0 saturated carbocycles. The highest BCUT2D eigenvalue weighted by Crippen LogP contribution is 2.41. The van der Waals surface area contributed by atoms with Gasteiger partial charge in [-0.15, -0.1) is 0 Å². The predicted molar refractivity (Wildman–Crippen MR) is 138 cm³/mol. The van der Waals surface area contributed by atoms with Crippen molar-refractivity contribution in [1.82, 2.24) is 14.9 Å². The number of fused-ring (bicyclic) bond motifs is 1. The highest BCUT2D eigenvalue weighted by atomic mass is 32.1. The summed E-state index contributed by atoms with van der Waals surface area (Å²) in [6.45, 7) is 1.98. The molecule has 0 radical (unpaired) electrons. The van der Waals surface area contributed by atoms with Gasteiger partial charge in [-0.3, -0.25) is 14.9 Å². The number of methoxy groups -OCH3 is 1. The molecule has 35 heavy (non-hydrogen) atoms. The molecule has 186 valence electrons. The standard InChI is InChI=1S/C27H32FN3O3S/c1-34-20-5-6-23-21(14-20)26(19(17-32)15-30-23)22(28)7-8-27(18-33)9-12-31(13-10-27)16-25(35)24-4-2-3-11-29-24/h2-6,11,14-15,22,32-33H,7-10,12-13,16-18H2,1H3/t22-/m1/s1. The lowest BCUT2D eigenvalue weighted by atomic mass is 9.74. The summed E-state index contributed by atoms with van der Waals surface area (Å²) in [6, 6.07) is 11.1. The summed E-state index contributed by atoms with van der Waals surface area (Å²) < 4.78 is 21.1. The number of pyridine rings is 2. The Morgan fingerprint density at radius 1 is 1.20 bits per heavy atom. The zero-order valence-corrected chi connectivity index (χ0v) is 20.8. The van der Waals surface area contributed by atoms with Gasteiger partial charge < -0.3 is 14.9 Å². The van der Waals surface area contributed by atoms with Crippen LogP contribution in [0.2, 0.25) is 0 Å². The van der Waals surface area contributed by atoms with Crippen LogP contribution in [0.5, 0.6) is 5.75 Å². The minimum absolute atomic E-state index is 0.0238. The monoisotopic (exact) mass is 497 g/mol. The number of aromatic nitrogens is 2. The summed E-state index contributed by atoms with van der Waals surface area (Å²) in [4.78, 5) is 11.8. The number of aliphatic hydroxyl groups excluding tert-OH is 2. The first kappa shape index (κ1) is 25.6. The van der Waals surface area contributed by atoms with Crippen LogP contribution < -0.4 is 4.74 Å². The van der Waals surface area contributed by atoms with Gasteiger partial charge in [0.25, 0.3) is 0 Å². The van der Waals surface area contributed by atoms with E-state index >= 15 is 4.39 Å². The van der Waals surface area contributed by atoms with Gasteiger partial charge in [0.15, 0.2) is 0 Å². The smallest absolute Gasteiger partial charge is 0.126 e. The molecule has 2 N–H and O–H groups in total. The minimum atomic E-state index is -1.28. The van der Waals surface area contributed by atoms with Gasteiger partial charge in [0.1, 0.15) is 11.9 Å². The fourth-order valence-electron chi connectivity index (χ4n) is 4.92. The molecule has 0 spiro atoms. The number of benzene rings is 1. The van der Waals surface area contributed by atoms with E-state index in [0.717, 1.165) is 36.5 Å². The van der Waals surface area contributed by atoms with Gasteiger partial charge in [0.2, 0.25) is 0 Å². The molecule has 4 rings (SSSR count). The van der Waals surface area contributed by atoms with Gasteiger partial charge in [-0.1, -0.05) is 18.3 Å². The molecule has 1 aromatic carbocycles. The van der Waals surface area contributed by atoms with Crippen molar-refractivity contribution in [2.24, 2.45) is 5.41 Å². The summed E-state index contributed by atoms with van der Waals surface area (Å²) in [7, 11) is 1.57. The number of nitrogens with zero attached hydrogens (tertiary/aromatic N) is 3. The zero-order chi connectivity index (χ0) is 24.8. The van der Waals surface area contributed by atoms with Crippen molar-refractivity contribution in [3.63, 3.8) is 0 Å². The van der Waals surface area contributed by atoms with Crippen LogP contribution in [0.25, 0.3) is 10.9 Å². The number of hydrogen-bond acceptors (Lipinski definition) is 7. The Balaban J connectivity index is 1.42. The first-order chi connectivity index (χ1) is 17.0. The second-order valence-corrected chi connectivity index (χ2v) is 9.81. The van der Waals surface area contributed by atoms with Gasteiger partial charge in [0.05, 0.1) is 29.8 Å². The molecule has 8 heteroatoms. The van der Waals surface area contributed by atoms with Crippen molar-refractivity contribution in [3.8, 4) is 5.75 Å². The number of piperidine rings is 1. The van der Waals surface area contributed by atoms with E-state index < -0.39 is 6.17 Å². The first-order valence-electron chi connectivity index (χ1n) is 12.0. The lowest BCUT2D eigenvalue weighted by Crippen LogP contribution is -2.44. The van der Waals surface area contributed by atoms with Crippen LogP contribution in [-0.4, -0.2) is 63.3 Å². The molecule has 1 saturated heterocycles. The van der Waals surface area contributed by atoms with E-state index in [1.807, 2.05) is 18.2 Å². The summed E-state index contributed by atoms with van der Waals surface area (Å²) in [6.07, 6.45) is 4.37. The van der Waals surface area contributed by atoms with Crippen molar-refractivity contribution in [2.45, 2.75) is 38.5 Å². The van der Waals surface area contributed by atoms with Gasteiger partial charge in [0, 0.05) is 42.1 Å². The number of hydrogen-bond donors (Lipinski definition) is 2. The molecule has 1 aliphatic heterocycles. The molecular formula is C27H32FN3O3S. The fourth-order valence-corrected chi connectivity index (χ4v) is 5.22. The second-order valence-electron chi connectivity index (χ2n) is 9.32. The molecule has 0 bridgehead atoms. The summed E-state index contributed by atoms with van der Waals surface area (Å²) in [5.41, 5.74) is 2.10. The Hall–Kier alpha value is -2.52. The third-order valence-corrected chi connectivity index (χ3v) is 7.52. The number of aliphatic hydroxyl groups is 2. The summed E-state index contributed by atoms with van der Waals surface area (Å²) >= 11 is 5.57. The second kappa shape index (κ2) is 11.5. The minimum Gasteiger partial charge on any atom is -0.497 e. The molecule has 3 heterocycles. The normalized spacial score (nSPS) is 16.8. The molecule has 1 atom stereocenters. The van der Waals surface area contributed by atoms with Crippen LogP contribution in [0.15, 0.2) is 48.8 Å². The largest absolute Gasteiger partial charge is 0.497 e. The van der Waals surface area contributed by atoms with Crippen LogP contribution >= 0.6 is 12.2 Å². The van der Waals surface area contributed by atoms with E-state index in [1.165, 1.54) is 0 Å². The Morgan fingerprint density at radius 3 is 2.66 bits per heavy atom. The topological polar surface area (TPSA) is 78.7 Å². The number of alkyl halides is 1. The number of rotatable bonds is 10. The van der Waals surface area contributed by atoms with Gasteiger partial charge >= 0.3 is 0 Å². The Morgan fingerprint density at radius 2 is 2.00 bits per heavy atom. The highest BCUT2D eigenvalue weighted by molar-refractivity contribution is 7.80. The van der Waals surface area contributed by atoms with Crippen molar-refractivity contribution in [1.29, 1.82) is 0 Å². The van der Waals surface area contributed by atoms with Crippen LogP contribution in [0.3, 0.4) is 0 Å². The number of thiocarbonyl (C=S) groups is 1. The van der Waals surface area contributed by atoms with Gasteiger partial charge in [-0.2, -0.15) is 0 Å². The average molecular weight is 498 g/mol. The number of ether oxygens (including phenoxy) is 1. The lowest BCUT2D eigenvalue weighted by molar-refractivity contribution is 0.0351. The SMILES string of the molecule is COc1ccc2ncc(CO)c([C@H](F)CCC3(CO)CCN(CC(=S)c4ccccn4)CC3)c2c1. The summed E-state index contributed by atoms with van der Waals surface area (Å²) in [5.74, 6) is 0.616. The molecule has 0 aliphatic carbocycles. The van der Waals surface area contributed by atoms with E-state index in [0.29, 0.717) is 40.7 Å². The van der Waals surface area contributed by atoms with E-state index in [4.69, 9.17) is 17.0 Å². The van der Waals surface area contributed by atoms with Crippen molar-refractivity contribution in [2.75, 3.05) is 33.4 Å². The molecule has 1 fully saturated rings. The third kappa shape index (κ3) is 5.83. The lowest BCUT2D eigenvalue weighted by Gasteiger charge is -2.41. The Kier molecular flexibility index (Phi) is 8.38. The van der Waals surface area contributed by atoms with Gasteiger partial charge in [-0.05, 0) is 74.5 Å². The zero-order valence-electron chi connectivity index (χ0n) is 20.0.